The van der Waals surface area contributed by atoms with Crippen LogP contribution < -0.4 is 0 Å². The van der Waals surface area contributed by atoms with Crippen LogP contribution in [0.2, 0.25) is 4.34 Å². The van der Waals surface area contributed by atoms with Crippen molar-refractivity contribution in [2.24, 2.45) is 0 Å². The molecule has 146 valence electrons. The predicted octanol–water partition coefficient (Wildman–Crippen LogP) is 3.72. The number of aromatic nitrogens is 2. The van der Waals surface area contributed by atoms with Gasteiger partial charge in [-0.1, -0.05) is 29.8 Å². The average Bonchev–Trinajstić information content (AvgIpc) is 3.34. The zero-order valence-corrected chi connectivity index (χ0v) is 16.9. The number of esters is 1. The number of thiophene rings is 1. The Morgan fingerprint density at radius 3 is 2.71 bits per heavy atom. The molecular formula is C20H20ClN3O3S. The molecule has 0 bridgehead atoms. The largest absolute Gasteiger partial charge is 0.456 e. The lowest BCUT2D eigenvalue weighted by molar-refractivity contribution is -0.151. The number of ether oxygens (including phenoxy) is 1. The molecule has 28 heavy (non-hydrogen) atoms. The van der Waals surface area contributed by atoms with Crippen molar-refractivity contribution >= 4 is 34.8 Å². The lowest BCUT2D eigenvalue weighted by Gasteiger charge is -2.16. The maximum absolute atomic E-state index is 12.1. The van der Waals surface area contributed by atoms with Gasteiger partial charge in [-0.15, -0.1) is 11.3 Å². The lowest BCUT2D eigenvalue weighted by atomic mass is 10.2. The van der Waals surface area contributed by atoms with Gasteiger partial charge in [0.05, 0.1) is 22.8 Å². The quantitative estimate of drug-likeness (QED) is 0.524. The number of rotatable bonds is 8. The van der Waals surface area contributed by atoms with Crippen LogP contribution in [0.1, 0.15) is 16.9 Å². The molecule has 0 saturated carbocycles. The number of carbonyl (C=O) groups is 2. The molecule has 0 atom stereocenters. The zero-order chi connectivity index (χ0) is 19.9. The van der Waals surface area contributed by atoms with E-state index in [2.05, 4.69) is 5.10 Å². The van der Waals surface area contributed by atoms with Crippen molar-refractivity contribution in [1.82, 2.24) is 14.7 Å². The minimum atomic E-state index is -0.409. The summed E-state index contributed by atoms with van der Waals surface area (Å²) in [5, 5.41) is 4.30. The van der Waals surface area contributed by atoms with E-state index in [0.717, 1.165) is 16.1 Å². The van der Waals surface area contributed by atoms with Gasteiger partial charge in [-0.05, 0) is 36.2 Å². The molecular weight excluding hydrogens is 398 g/mol. The summed E-state index contributed by atoms with van der Waals surface area (Å²) < 4.78 is 7.54. The molecule has 0 saturated heterocycles. The molecule has 0 aliphatic rings. The standard InChI is InChI=1S/C20H20ClN3O3S/c1-23(13-17-8-9-18(21)28-17)19(25)14-27-20(26)10-7-15-11-22-24(12-15)16-5-3-2-4-6-16/h2-6,8-9,11-12H,7,10,13-14H2,1H3. The molecule has 2 heterocycles. The van der Waals surface area contributed by atoms with Crippen LogP contribution >= 0.6 is 22.9 Å². The van der Waals surface area contributed by atoms with Crippen LogP contribution in [0.15, 0.2) is 54.9 Å². The van der Waals surface area contributed by atoms with Gasteiger partial charge < -0.3 is 9.64 Å². The summed E-state index contributed by atoms with van der Waals surface area (Å²) in [4.78, 5) is 26.5. The zero-order valence-electron chi connectivity index (χ0n) is 15.4. The summed E-state index contributed by atoms with van der Waals surface area (Å²) in [5.41, 5.74) is 1.89. The van der Waals surface area contributed by atoms with Gasteiger partial charge in [0.25, 0.3) is 5.91 Å². The van der Waals surface area contributed by atoms with Gasteiger partial charge in [-0.2, -0.15) is 5.10 Å². The van der Waals surface area contributed by atoms with Gasteiger partial charge in [0.2, 0.25) is 0 Å². The van der Waals surface area contributed by atoms with Crippen LogP contribution in [0.25, 0.3) is 5.69 Å². The van der Waals surface area contributed by atoms with E-state index in [-0.39, 0.29) is 18.9 Å². The minimum absolute atomic E-state index is 0.192. The van der Waals surface area contributed by atoms with E-state index in [0.29, 0.717) is 17.3 Å². The molecule has 0 radical (unpaired) electrons. The maximum Gasteiger partial charge on any atom is 0.306 e. The van der Waals surface area contributed by atoms with Crippen LogP contribution in [-0.2, 0) is 27.3 Å². The monoisotopic (exact) mass is 417 g/mol. The molecule has 3 rings (SSSR count). The number of aryl methyl sites for hydroxylation is 1. The average molecular weight is 418 g/mol. The fourth-order valence-electron chi connectivity index (χ4n) is 2.54. The molecule has 0 N–H and O–H groups in total. The van der Waals surface area contributed by atoms with E-state index in [1.807, 2.05) is 42.6 Å². The third kappa shape index (κ3) is 5.68. The lowest BCUT2D eigenvalue weighted by Crippen LogP contribution is -2.30. The fourth-order valence-corrected chi connectivity index (χ4v) is 3.68. The summed E-state index contributed by atoms with van der Waals surface area (Å²) >= 11 is 7.31. The Hall–Kier alpha value is -2.64. The first-order valence-corrected chi connectivity index (χ1v) is 9.93. The van der Waals surface area contributed by atoms with E-state index < -0.39 is 5.97 Å². The first kappa shape index (κ1) is 20.1. The number of hydrogen-bond acceptors (Lipinski definition) is 5. The van der Waals surface area contributed by atoms with Crippen LogP contribution in [0.4, 0.5) is 0 Å². The van der Waals surface area contributed by atoms with Crippen LogP contribution in [-0.4, -0.2) is 40.2 Å². The second-order valence-electron chi connectivity index (χ2n) is 6.25. The topological polar surface area (TPSA) is 64.4 Å². The SMILES string of the molecule is CN(Cc1ccc(Cl)s1)C(=O)COC(=O)CCc1cnn(-c2ccccc2)c1. The molecule has 8 heteroatoms. The molecule has 0 aliphatic heterocycles. The smallest absolute Gasteiger partial charge is 0.306 e. The van der Waals surface area contributed by atoms with Crippen molar-refractivity contribution in [3.63, 3.8) is 0 Å². The van der Waals surface area contributed by atoms with Crippen molar-refractivity contribution in [1.29, 1.82) is 0 Å². The van der Waals surface area contributed by atoms with Gasteiger partial charge in [0.1, 0.15) is 0 Å². The fraction of sp³-hybridized carbons (Fsp3) is 0.250. The number of hydrogen-bond donors (Lipinski definition) is 0. The van der Waals surface area contributed by atoms with E-state index in [1.54, 1.807) is 24.0 Å². The highest BCUT2D eigenvalue weighted by Gasteiger charge is 2.14. The first-order chi connectivity index (χ1) is 13.5. The Kier molecular flexibility index (Phi) is 6.84. The number of para-hydroxylation sites is 1. The van der Waals surface area contributed by atoms with Crippen molar-refractivity contribution in [2.45, 2.75) is 19.4 Å². The van der Waals surface area contributed by atoms with Gasteiger partial charge in [0.15, 0.2) is 6.61 Å². The summed E-state index contributed by atoms with van der Waals surface area (Å²) in [5.74, 6) is -0.664. The molecule has 6 nitrogen and oxygen atoms in total. The third-order valence-corrected chi connectivity index (χ3v) is 5.29. The molecule has 0 spiro atoms. The Bertz CT molecular complexity index is 939. The number of nitrogens with zero attached hydrogens (tertiary/aromatic N) is 3. The number of halogens is 1. The Morgan fingerprint density at radius 2 is 2.00 bits per heavy atom. The van der Waals surface area contributed by atoms with Gasteiger partial charge in [-0.25, -0.2) is 4.68 Å². The van der Waals surface area contributed by atoms with E-state index in [1.165, 1.54) is 16.2 Å². The van der Waals surface area contributed by atoms with E-state index in [9.17, 15) is 9.59 Å². The highest BCUT2D eigenvalue weighted by Crippen LogP contribution is 2.22. The first-order valence-electron chi connectivity index (χ1n) is 8.74. The second kappa shape index (κ2) is 9.52. The summed E-state index contributed by atoms with van der Waals surface area (Å²) in [6.45, 7) is 0.171. The van der Waals surface area contributed by atoms with E-state index in [4.69, 9.17) is 16.3 Å². The molecule has 0 aliphatic carbocycles. The van der Waals surface area contributed by atoms with Crippen molar-refractivity contribution < 1.29 is 14.3 Å². The van der Waals surface area contributed by atoms with Crippen molar-refractivity contribution in [2.75, 3.05) is 13.7 Å². The Labute approximate surface area is 172 Å². The van der Waals surface area contributed by atoms with Crippen LogP contribution in [0.3, 0.4) is 0 Å². The highest BCUT2D eigenvalue weighted by atomic mass is 35.5. The summed E-state index contributed by atoms with van der Waals surface area (Å²) in [6, 6.07) is 13.4. The Balaban J connectivity index is 1.41. The molecule has 2 aromatic heterocycles. The Morgan fingerprint density at radius 1 is 1.21 bits per heavy atom. The number of benzene rings is 1. The number of carbonyl (C=O) groups excluding carboxylic acids is 2. The maximum atomic E-state index is 12.1. The molecule has 1 aromatic carbocycles. The van der Waals surface area contributed by atoms with Crippen LogP contribution in [0.5, 0.6) is 0 Å². The van der Waals surface area contributed by atoms with E-state index >= 15 is 0 Å². The van der Waals surface area contributed by atoms with Gasteiger partial charge in [-0.3, -0.25) is 9.59 Å². The third-order valence-electron chi connectivity index (χ3n) is 4.08. The second-order valence-corrected chi connectivity index (χ2v) is 8.04. The van der Waals surface area contributed by atoms with Crippen molar-refractivity contribution in [3.8, 4) is 5.69 Å². The van der Waals surface area contributed by atoms with Gasteiger partial charge >= 0.3 is 5.97 Å². The number of amides is 1. The summed E-state index contributed by atoms with van der Waals surface area (Å²) in [7, 11) is 1.67. The highest BCUT2D eigenvalue weighted by molar-refractivity contribution is 7.16. The normalized spacial score (nSPS) is 10.6. The molecule has 3 aromatic rings. The molecule has 1 amide bonds. The predicted molar refractivity (Wildman–Crippen MR) is 109 cm³/mol. The number of likely N-dealkylation sites (N-methyl/N-ethyl adjacent to an activating group) is 1. The van der Waals surface area contributed by atoms with Crippen LogP contribution in [0, 0.1) is 0 Å². The minimum Gasteiger partial charge on any atom is -0.456 e. The van der Waals surface area contributed by atoms with Gasteiger partial charge in [0, 0.05) is 24.5 Å². The molecule has 0 unspecified atom stereocenters. The van der Waals surface area contributed by atoms with Crippen molar-refractivity contribution in [3.05, 3.63) is 69.6 Å². The summed E-state index contributed by atoms with van der Waals surface area (Å²) in [6.07, 6.45) is 4.31. The molecule has 0 fully saturated rings.